The summed E-state index contributed by atoms with van der Waals surface area (Å²) >= 11 is 0. The molecule has 4 N–H and O–H groups in total. The normalized spacial score (nSPS) is 19.2. The lowest BCUT2D eigenvalue weighted by atomic mass is 10.1. The summed E-state index contributed by atoms with van der Waals surface area (Å²) in [6.07, 6.45) is 1.43. The number of nitrogens with zero attached hydrogens (tertiary/aromatic N) is 3. The largest absolute Gasteiger partial charge is 0.394 e. The fraction of sp³-hybridized carbons (Fsp3) is 0.357. The van der Waals surface area contributed by atoms with Crippen LogP contribution in [0, 0.1) is 0 Å². The maximum Gasteiger partial charge on any atom is 0.242 e. The number of anilines is 1. The van der Waals surface area contributed by atoms with Gasteiger partial charge in [-0.2, -0.15) is 0 Å². The number of fused-ring (bicyclic) bond motifs is 1. The Morgan fingerprint density at radius 1 is 1.43 bits per heavy atom. The Balaban J connectivity index is 1.83. The second kappa shape index (κ2) is 5.63. The number of aliphatic hydroxyl groups excluding tert-OH is 1. The van der Waals surface area contributed by atoms with Crippen LogP contribution in [0.3, 0.4) is 0 Å². The molecule has 2 heterocycles. The van der Waals surface area contributed by atoms with Crippen molar-refractivity contribution >= 4 is 22.6 Å². The molecule has 0 saturated carbocycles. The Hall–Kier alpha value is -2.25. The van der Waals surface area contributed by atoms with Crippen molar-refractivity contribution in [2.24, 2.45) is 0 Å². The van der Waals surface area contributed by atoms with Gasteiger partial charge < -0.3 is 21.1 Å². The first-order valence-corrected chi connectivity index (χ1v) is 6.81. The minimum Gasteiger partial charge on any atom is -0.394 e. The molecule has 2 aromatic rings. The number of nitrogens with one attached hydrogen (secondary N) is 1. The van der Waals surface area contributed by atoms with Crippen molar-refractivity contribution in [2.45, 2.75) is 12.6 Å². The topological polar surface area (TPSA) is 104 Å². The number of aliphatic hydroxyl groups is 1. The first-order chi connectivity index (χ1) is 10.2. The maximum atomic E-state index is 12.1. The van der Waals surface area contributed by atoms with Crippen LogP contribution in [0.15, 0.2) is 24.5 Å². The molecule has 0 spiro atoms. The van der Waals surface area contributed by atoms with Crippen LogP contribution in [0.25, 0.3) is 10.9 Å². The number of piperazine rings is 1. The summed E-state index contributed by atoms with van der Waals surface area (Å²) in [5, 5.41) is 13.0. The molecule has 0 aliphatic carbocycles. The first kappa shape index (κ1) is 13.7. The zero-order valence-electron chi connectivity index (χ0n) is 11.5. The number of hydrogen-bond acceptors (Lipinski definition) is 6. The van der Waals surface area contributed by atoms with Crippen molar-refractivity contribution in [3.05, 3.63) is 30.1 Å². The van der Waals surface area contributed by atoms with Gasteiger partial charge >= 0.3 is 0 Å². The van der Waals surface area contributed by atoms with Gasteiger partial charge in [-0.15, -0.1) is 0 Å². The summed E-state index contributed by atoms with van der Waals surface area (Å²) in [5.74, 6) is 0.371. The second-order valence-corrected chi connectivity index (χ2v) is 5.06. The van der Waals surface area contributed by atoms with Crippen molar-refractivity contribution in [2.75, 3.05) is 25.4 Å². The van der Waals surface area contributed by atoms with Crippen molar-refractivity contribution in [3.63, 3.8) is 0 Å². The predicted molar refractivity (Wildman–Crippen MR) is 78.2 cm³/mol. The van der Waals surface area contributed by atoms with Gasteiger partial charge in [0.25, 0.3) is 0 Å². The van der Waals surface area contributed by atoms with Crippen molar-refractivity contribution in [3.8, 4) is 0 Å². The minimum absolute atomic E-state index is 0.0777. The van der Waals surface area contributed by atoms with Crippen LogP contribution in [0.2, 0.25) is 0 Å². The van der Waals surface area contributed by atoms with Gasteiger partial charge in [0.15, 0.2) is 0 Å². The van der Waals surface area contributed by atoms with Crippen LogP contribution >= 0.6 is 0 Å². The lowest BCUT2D eigenvalue weighted by molar-refractivity contribution is -0.137. The molecule has 0 unspecified atom stereocenters. The summed E-state index contributed by atoms with van der Waals surface area (Å²) in [6, 6.07) is 5.20. The molecule has 1 aliphatic heterocycles. The van der Waals surface area contributed by atoms with E-state index in [2.05, 4.69) is 15.3 Å². The lowest BCUT2D eigenvalue weighted by Gasteiger charge is -2.32. The van der Waals surface area contributed by atoms with E-state index in [9.17, 15) is 9.90 Å². The van der Waals surface area contributed by atoms with E-state index in [1.165, 1.54) is 6.33 Å². The number of rotatable bonds is 3. The number of hydrogen-bond donors (Lipinski definition) is 3. The molecule has 7 heteroatoms. The van der Waals surface area contributed by atoms with Crippen LogP contribution in [-0.2, 0) is 11.3 Å². The van der Waals surface area contributed by atoms with Crippen LogP contribution in [0.5, 0.6) is 0 Å². The minimum atomic E-state index is -0.503. The quantitative estimate of drug-likeness (QED) is 0.703. The fourth-order valence-electron chi connectivity index (χ4n) is 2.53. The van der Waals surface area contributed by atoms with E-state index >= 15 is 0 Å². The van der Waals surface area contributed by atoms with Gasteiger partial charge in [0.1, 0.15) is 18.2 Å². The molecule has 1 aliphatic rings. The molecule has 1 saturated heterocycles. The molecule has 1 aromatic carbocycles. The highest BCUT2D eigenvalue weighted by atomic mass is 16.3. The molecule has 0 bridgehead atoms. The predicted octanol–water partition coefficient (Wildman–Crippen LogP) is -0.495. The number of nitrogens with two attached hydrogens (primary N) is 1. The van der Waals surface area contributed by atoms with Gasteiger partial charge in [-0.25, -0.2) is 9.97 Å². The second-order valence-electron chi connectivity index (χ2n) is 5.06. The maximum absolute atomic E-state index is 12.1. The molecular formula is C14H17N5O2. The van der Waals surface area contributed by atoms with Crippen molar-refractivity contribution in [1.82, 2.24) is 20.2 Å². The molecule has 110 valence electrons. The third kappa shape index (κ3) is 2.65. The number of nitrogen functional groups attached to an aromatic ring is 1. The van der Waals surface area contributed by atoms with Gasteiger partial charge in [-0.1, -0.05) is 6.07 Å². The molecule has 1 atom stereocenters. The summed E-state index contributed by atoms with van der Waals surface area (Å²) in [5.41, 5.74) is 7.54. The van der Waals surface area contributed by atoms with Crippen LogP contribution in [-0.4, -0.2) is 51.6 Å². The highest BCUT2D eigenvalue weighted by Gasteiger charge is 2.27. The Kier molecular flexibility index (Phi) is 3.68. The number of carbonyl (C=O) groups is 1. The van der Waals surface area contributed by atoms with E-state index in [4.69, 9.17) is 5.73 Å². The highest BCUT2D eigenvalue weighted by Crippen LogP contribution is 2.19. The summed E-state index contributed by atoms with van der Waals surface area (Å²) in [4.78, 5) is 22.0. The lowest BCUT2D eigenvalue weighted by Crippen LogP contribution is -2.56. The zero-order chi connectivity index (χ0) is 14.8. The highest BCUT2D eigenvalue weighted by molar-refractivity contribution is 5.88. The number of aromatic nitrogens is 2. The van der Waals surface area contributed by atoms with Crippen molar-refractivity contribution < 1.29 is 9.90 Å². The van der Waals surface area contributed by atoms with Gasteiger partial charge in [-0.3, -0.25) is 4.79 Å². The van der Waals surface area contributed by atoms with Crippen LogP contribution in [0.1, 0.15) is 5.56 Å². The Bertz CT molecular complexity index is 675. The molecule has 0 radical (unpaired) electrons. The monoisotopic (exact) mass is 287 g/mol. The molecule has 7 nitrogen and oxygen atoms in total. The van der Waals surface area contributed by atoms with E-state index in [1.807, 2.05) is 18.2 Å². The van der Waals surface area contributed by atoms with Gasteiger partial charge in [0.05, 0.1) is 12.1 Å². The van der Waals surface area contributed by atoms with E-state index < -0.39 is 6.04 Å². The summed E-state index contributed by atoms with van der Waals surface area (Å²) < 4.78 is 0. The van der Waals surface area contributed by atoms with E-state index in [-0.39, 0.29) is 12.5 Å². The third-order valence-electron chi connectivity index (χ3n) is 3.67. The van der Waals surface area contributed by atoms with E-state index in [0.29, 0.717) is 25.5 Å². The standard InChI is InChI=1S/C14H17N5O2/c15-13-10-2-1-9(5-11(10)17-8-18-13)6-19-4-3-16-12(7-20)14(19)21/h1-2,5,8,12,16,20H,3-4,6-7H2,(H2,15,17,18)/t12-/m0/s1. The fourth-order valence-corrected chi connectivity index (χ4v) is 2.53. The van der Waals surface area contributed by atoms with E-state index in [1.54, 1.807) is 4.90 Å². The Labute approximate surface area is 121 Å². The summed E-state index contributed by atoms with van der Waals surface area (Å²) in [6.45, 7) is 1.62. The molecule has 1 aromatic heterocycles. The van der Waals surface area contributed by atoms with Crippen molar-refractivity contribution in [1.29, 1.82) is 0 Å². The molecule has 1 amide bonds. The number of carbonyl (C=O) groups excluding carboxylic acids is 1. The number of amides is 1. The molecule has 21 heavy (non-hydrogen) atoms. The zero-order valence-corrected chi connectivity index (χ0v) is 11.5. The first-order valence-electron chi connectivity index (χ1n) is 6.81. The van der Waals surface area contributed by atoms with Crippen LogP contribution in [0.4, 0.5) is 5.82 Å². The molecular weight excluding hydrogens is 270 g/mol. The molecule has 1 fully saturated rings. The smallest absolute Gasteiger partial charge is 0.242 e. The summed E-state index contributed by atoms with van der Waals surface area (Å²) in [7, 11) is 0. The Morgan fingerprint density at radius 2 is 2.29 bits per heavy atom. The van der Waals surface area contributed by atoms with Gasteiger partial charge in [-0.05, 0) is 17.7 Å². The number of benzene rings is 1. The SMILES string of the molecule is Nc1ncnc2cc(CN3CCN[C@@H](CO)C3=O)ccc12. The Morgan fingerprint density at radius 3 is 3.10 bits per heavy atom. The average Bonchev–Trinajstić information content (AvgIpc) is 2.49. The van der Waals surface area contributed by atoms with Crippen LogP contribution < -0.4 is 11.1 Å². The van der Waals surface area contributed by atoms with Gasteiger partial charge in [0.2, 0.25) is 5.91 Å². The van der Waals surface area contributed by atoms with Gasteiger partial charge in [0, 0.05) is 25.0 Å². The van der Waals surface area contributed by atoms with E-state index in [0.717, 1.165) is 16.5 Å². The average molecular weight is 287 g/mol. The molecule has 3 rings (SSSR count). The third-order valence-corrected chi connectivity index (χ3v) is 3.67.